The highest BCUT2D eigenvalue weighted by Crippen LogP contribution is 2.25. The molecule has 132 valence electrons. The molecule has 6 heteroatoms. The number of fused-ring (bicyclic) bond motifs is 1. The van der Waals surface area contributed by atoms with Crippen LogP contribution in [0.3, 0.4) is 0 Å². The number of amides is 2. The van der Waals surface area contributed by atoms with Crippen molar-refractivity contribution >= 4 is 12.0 Å². The number of benzene rings is 1. The fourth-order valence-electron chi connectivity index (χ4n) is 2.66. The van der Waals surface area contributed by atoms with E-state index in [4.69, 9.17) is 9.47 Å². The minimum atomic E-state index is -0.606. The van der Waals surface area contributed by atoms with E-state index in [2.05, 4.69) is 5.32 Å². The van der Waals surface area contributed by atoms with Crippen LogP contribution in [-0.2, 0) is 27.2 Å². The Labute approximate surface area is 143 Å². The number of hydrogen-bond donors (Lipinski definition) is 1. The Balaban J connectivity index is 2.19. The smallest absolute Gasteiger partial charge is 0.411 e. The van der Waals surface area contributed by atoms with E-state index in [9.17, 15) is 9.59 Å². The first-order valence-corrected chi connectivity index (χ1v) is 8.15. The van der Waals surface area contributed by atoms with Gasteiger partial charge in [0.2, 0.25) is 5.91 Å². The number of hydrogen-bond acceptors (Lipinski definition) is 4. The van der Waals surface area contributed by atoms with Crippen LogP contribution in [0.15, 0.2) is 24.3 Å². The molecule has 0 saturated carbocycles. The first-order valence-electron chi connectivity index (χ1n) is 8.15. The van der Waals surface area contributed by atoms with E-state index in [0.29, 0.717) is 26.1 Å². The van der Waals surface area contributed by atoms with Crippen molar-refractivity contribution in [3.63, 3.8) is 0 Å². The molecule has 2 amide bonds. The molecule has 1 aliphatic heterocycles. The summed E-state index contributed by atoms with van der Waals surface area (Å²) in [6, 6.07) is 7.28. The first-order chi connectivity index (χ1) is 11.3. The Morgan fingerprint density at radius 1 is 1.25 bits per heavy atom. The molecule has 6 nitrogen and oxygen atoms in total. The largest absolute Gasteiger partial charge is 0.444 e. The van der Waals surface area contributed by atoms with E-state index < -0.39 is 17.7 Å². The van der Waals surface area contributed by atoms with E-state index in [1.54, 1.807) is 7.11 Å². The summed E-state index contributed by atoms with van der Waals surface area (Å²) in [5.41, 5.74) is 1.53. The fourth-order valence-corrected chi connectivity index (χ4v) is 2.66. The number of carbonyl (C=O) groups excluding carboxylic acids is 2. The summed E-state index contributed by atoms with van der Waals surface area (Å²) in [5.74, 6) is -0.188. The van der Waals surface area contributed by atoms with Crippen molar-refractivity contribution in [2.24, 2.45) is 0 Å². The molecule has 0 aliphatic carbocycles. The molecule has 0 fully saturated rings. The summed E-state index contributed by atoms with van der Waals surface area (Å²) in [4.78, 5) is 26.6. The van der Waals surface area contributed by atoms with E-state index in [1.807, 2.05) is 45.0 Å². The van der Waals surface area contributed by atoms with Gasteiger partial charge in [0.05, 0.1) is 13.2 Å². The molecule has 0 saturated heterocycles. The first kappa shape index (κ1) is 18.3. The van der Waals surface area contributed by atoms with Crippen LogP contribution >= 0.6 is 0 Å². The average Bonchev–Trinajstić information content (AvgIpc) is 2.52. The van der Waals surface area contributed by atoms with E-state index in [-0.39, 0.29) is 5.91 Å². The Morgan fingerprint density at radius 2 is 1.92 bits per heavy atom. The summed E-state index contributed by atoms with van der Waals surface area (Å²) in [7, 11) is 1.58. The van der Waals surface area contributed by atoms with Crippen molar-refractivity contribution in [3.8, 4) is 0 Å². The predicted molar refractivity (Wildman–Crippen MR) is 90.6 cm³/mol. The third kappa shape index (κ3) is 4.71. The van der Waals surface area contributed by atoms with Crippen LogP contribution in [0.5, 0.6) is 0 Å². The van der Waals surface area contributed by atoms with Gasteiger partial charge in [0.15, 0.2) is 0 Å². The molecule has 2 rings (SSSR count). The SMILES string of the molecule is COCCNC(=O)C1Cc2ccccc2CN1C(=O)OC(C)(C)C. The highest BCUT2D eigenvalue weighted by atomic mass is 16.6. The summed E-state index contributed by atoms with van der Waals surface area (Å²) in [5, 5.41) is 2.82. The van der Waals surface area contributed by atoms with Crippen LogP contribution in [0, 0.1) is 0 Å². The number of ether oxygens (including phenoxy) is 2. The van der Waals surface area contributed by atoms with Crippen molar-refractivity contribution in [3.05, 3.63) is 35.4 Å². The van der Waals surface area contributed by atoms with Crippen LogP contribution in [0.4, 0.5) is 4.79 Å². The quantitative estimate of drug-likeness (QED) is 0.857. The maximum absolute atomic E-state index is 12.6. The minimum Gasteiger partial charge on any atom is -0.444 e. The standard InChI is InChI=1S/C18H26N2O4/c1-18(2,3)24-17(22)20-12-14-8-6-5-7-13(14)11-15(20)16(21)19-9-10-23-4/h5-8,15H,9-12H2,1-4H3,(H,19,21). The highest BCUT2D eigenvalue weighted by molar-refractivity contribution is 5.86. The maximum Gasteiger partial charge on any atom is 0.411 e. The molecule has 1 atom stereocenters. The predicted octanol–water partition coefficient (Wildman–Crippen LogP) is 2.11. The summed E-state index contributed by atoms with van der Waals surface area (Å²) < 4.78 is 10.4. The van der Waals surface area contributed by atoms with Gasteiger partial charge in [-0.05, 0) is 31.9 Å². The Bertz CT molecular complexity index is 595. The number of nitrogens with one attached hydrogen (secondary N) is 1. The molecule has 1 unspecified atom stereocenters. The van der Waals surface area contributed by atoms with Crippen LogP contribution in [-0.4, -0.2) is 48.8 Å². The molecule has 0 bridgehead atoms. The van der Waals surface area contributed by atoms with Gasteiger partial charge in [-0.2, -0.15) is 0 Å². The molecular weight excluding hydrogens is 308 g/mol. The number of carbonyl (C=O) groups is 2. The third-order valence-electron chi connectivity index (χ3n) is 3.78. The van der Waals surface area contributed by atoms with Crippen molar-refractivity contribution < 1.29 is 19.1 Å². The molecule has 24 heavy (non-hydrogen) atoms. The zero-order valence-electron chi connectivity index (χ0n) is 14.8. The molecule has 0 aromatic heterocycles. The van der Waals surface area contributed by atoms with Crippen molar-refractivity contribution in [1.82, 2.24) is 10.2 Å². The Kier molecular flexibility index (Phi) is 5.83. The average molecular weight is 334 g/mol. The second-order valence-electron chi connectivity index (χ2n) is 6.88. The molecule has 0 radical (unpaired) electrons. The molecule has 1 aromatic rings. The van der Waals surface area contributed by atoms with Gasteiger partial charge in [-0.15, -0.1) is 0 Å². The normalized spacial score (nSPS) is 17.2. The number of rotatable bonds is 4. The molecule has 1 aromatic carbocycles. The zero-order valence-corrected chi connectivity index (χ0v) is 14.8. The lowest BCUT2D eigenvalue weighted by Gasteiger charge is -2.36. The second kappa shape index (κ2) is 7.66. The molecule has 1 heterocycles. The highest BCUT2D eigenvalue weighted by Gasteiger charge is 2.36. The molecule has 0 spiro atoms. The van der Waals surface area contributed by atoms with E-state index >= 15 is 0 Å². The molecule has 1 aliphatic rings. The minimum absolute atomic E-state index is 0.188. The zero-order chi connectivity index (χ0) is 17.7. The summed E-state index contributed by atoms with van der Waals surface area (Å²) >= 11 is 0. The van der Waals surface area contributed by atoms with Gasteiger partial charge in [-0.3, -0.25) is 9.69 Å². The summed E-state index contributed by atoms with van der Waals surface area (Å²) in [6.45, 7) is 6.66. The van der Waals surface area contributed by atoms with Crippen LogP contribution in [0.1, 0.15) is 31.9 Å². The van der Waals surface area contributed by atoms with Crippen molar-refractivity contribution in [1.29, 1.82) is 0 Å². The van der Waals surface area contributed by atoms with Gasteiger partial charge >= 0.3 is 6.09 Å². The Morgan fingerprint density at radius 3 is 2.54 bits per heavy atom. The van der Waals surface area contributed by atoms with Gasteiger partial charge in [0.25, 0.3) is 0 Å². The van der Waals surface area contributed by atoms with Crippen LogP contribution in [0.25, 0.3) is 0 Å². The van der Waals surface area contributed by atoms with E-state index in [1.165, 1.54) is 4.90 Å². The fraction of sp³-hybridized carbons (Fsp3) is 0.556. The van der Waals surface area contributed by atoms with Gasteiger partial charge in [-0.25, -0.2) is 4.79 Å². The van der Waals surface area contributed by atoms with Crippen molar-refractivity contribution in [2.45, 2.75) is 45.4 Å². The maximum atomic E-state index is 12.6. The van der Waals surface area contributed by atoms with Crippen molar-refractivity contribution in [2.75, 3.05) is 20.3 Å². The van der Waals surface area contributed by atoms with Crippen LogP contribution in [0.2, 0.25) is 0 Å². The lowest BCUT2D eigenvalue weighted by Crippen LogP contribution is -2.54. The molecular formula is C18H26N2O4. The lowest BCUT2D eigenvalue weighted by atomic mass is 9.94. The summed E-state index contributed by atoms with van der Waals surface area (Å²) in [6.07, 6.45) is 0.0118. The Hall–Kier alpha value is -2.08. The van der Waals surface area contributed by atoms with Gasteiger partial charge in [0, 0.05) is 20.1 Å². The third-order valence-corrected chi connectivity index (χ3v) is 3.78. The monoisotopic (exact) mass is 334 g/mol. The number of nitrogens with zero attached hydrogens (tertiary/aromatic N) is 1. The van der Waals surface area contributed by atoms with E-state index in [0.717, 1.165) is 11.1 Å². The van der Waals surface area contributed by atoms with Gasteiger partial charge in [-0.1, -0.05) is 24.3 Å². The van der Waals surface area contributed by atoms with Crippen LogP contribution < -0.4 is 5.32 Å². The van der Waals surface area contributed by atoms with Gasteiger partial charge < -0.3 is 14.8 Å². The number of methoxy groups -OCH3 is 1. The second-order valence-corrected chi connectivity index (χ2v) is 6.88. The topological polar surface area (TPSA) is 67.9 Å². The lowest BCUT2D eigenvalue weighted by molar-refractivity contribution is -0.127. The van der Waals surface area contributed by atoms with Gasteiger partial charge in [0.1, 0.15) is 11.6 Å². The molecule has 1 N–H and O–H groups in total.